The number of hydrogen-bond donors (Lipinski definition) is 6. The van der Waals surface area contributed by atoms with Crippen LogP contribution in [0.4, 0.5) is 0 Å². The van der Waals surface area contributed by atoms with Gasteiger partial charge >= 0.3 is 0 Å². The van der Waals surface area contributed by atoms with Gasteiger partial charge in [0, 0.05) is 24.8 Å². The lowest BCUT2D eigenvalue weighted by molar-refractivity contribution is -0.248. The Morgan fingerprint density at radius 1 is 1.08 bits per heavy atom. The Balaban J connectivity index is 1.27. The van der Waals surface area contributed by atoms with Gasteiger partial charge in [-0.1, -0.05) is 0 Å². The Bertz CT molecular complexity index is 1070. The minimum atomic E-state index is -2.59. The minimum absolute atomic E-state index is 0.00914. The van der Waals surface area contributed by atoms with Crippen molar-refractivity contribution < 1.29 is 24.6 Å². The van der Waals surface area contributed by atoms with Crippen molar-refractivity contribution in [3.05, 3.63) is 0 Å². The summed E-state index contributed by atoms with van der Waals surface area (Å²) in [7, 11) is 0. The molecule has 7 rings (SSSR count). The molecule has 0 radical (unpaired) electrons. The third-order valence-corrected chi connectivity index (χ3v) is 9.86. The van der Waals surface area contributed by atoms with Gasteiger partial charge in [-0.25, -0.2) is 9.98 Å². The van der Waals surface area contributed by atoms with Crippen LogP contribution in [0.5, 0.6) is 0 Å². The Labute approximate surface area is 221 Å². The van der Waals surface area contributed by atoms with Crippen LogP contribution in [0, 0.1) is 23.2 Å². The van der Waals surface area contributed by atoms with E-state index in [-0.39, 0.29) is 55.6 Å². The summed E-state index contributed by atoms with van der Waals surface area (Å²) in [4.78, 5) is 49.8. The predicted molar refractivity (Wildman–Crippen MR) is 136 cm³/mol. The zero-order chi connectivity index (χ0) is 27.0. The molecule has 0 aromatic carbocycles. The van der Waals surface area contributed by atoms with Crippen LogP contribution in [-0.2, 0) is 14.4 Å². The van der Waals surface area contributed by atoms with E-state index in [0.29, 0.717) is 17.8 Å². The number of guanidine groups is 2. The first kappa shape index (κ1) is 25.4. The molecule has 38 heavy (non-hydrogen) atoms. The highest BCUT2D eigenvalue weighted by Crippen LogP contribution is 2.60. The number of imide groups is 1. The fourth-order valence-electron chi connectivity index (χ4n) is 8.66. The molecule has 3 amide bonds. The van der Waals surface area contributed by atoms with Crippen LogP contribution in [0.2, 0.25) is 0 Å². The predicted octanol–water partition coefficient (Wildman–Crippen LogP) is -1.85. The number of likely N-dealkylation sites (tertiary alicyclic amines) is 1. The second-order valence-electron chi connectivity index (χ2n) is 12.2. The van der Waals surface area contributed by atoms with E-state index in [1.165, 1.54) is 24.2 Å². The standard InChI is InChI=1S/C25H38N8O5/c1-2-33-22(27)29-16(11-32-17(34)3-4-18(32)35)19-25(33,31-21(26)30-19)24(37,38)12-28-20(36)23-8-13-5-14(9-23)7-15(6-13)10-23/h13-16,19,37-38H,2-12H2,1H3,(H2,27,29)(H,28,36)(H3,26,30,31)/t13?,14?,15?,16-,19?,23?,25-/m0/s1. The molecule has 0 aromatic heterocycles. The smallest absolute Gasteiger partial charge is 0.229 e. The highest BCUT2D eigenvalue weighted by molar-refractivity contribution is 6.02. The van der Waals surface area contributed by atoms with Crippen molar-refractivity contribution in [1.29, 1.82) is 0 Å². The summed E-state index contributed by atoms with van der Waals surface area (Å²) >= 11 is 0. The van der Waals surface area contributed by atoms with E-state index in [1.807, 2.05) is 0 Å². The van der Waals surface area contributed by atoms with Crippen LogP contribution >= 0.6 is 0 Å². The molecular formula is C25H38N8O5. The molecule has 7 aliphatic rings. The summed E-state index contributed by atoms with van der Waals surface area (Å²) < 4.78 is 0. The van der Waals surface area contributed by atoms with Crippen LogP contribution in [0.3, 0.4) is 0 Å². The van der Waals surface area contributed by atoms with Crippen molar-refractivity contribution in [3.8, 4) is 0 Å². The van der Waals surface area contributed by atoms with Crippen molar-refractivity contribution in [2.75, 3.05) is 19.6 Å². The first-order chi connectivity index (χ1) is 18.0. The van der Waals surface area contributed by atoms with Crippen molar-refractivity contribution >= 4 is 29.6 Å². The van der Waals surface area contributed by atoms with Gasteiger partial charge in [-0.15, -0.1) is 0 Å². The highest BCUT2D eigenvalue weighted by atomic mass is 16.5. The second-order valence-corrected chi connectivity index (χ2v) is 12.2. The van der Waals surface area contributed by atoms with Gasteiger partial charge < -0.3 is 37.2 Å². The molecule has 3 atom stereocenters. The highest BCUT2D eigenvalue weighted by Gasteiger charge is 2.67. The topological polar surface area (TPSA) is 199 Å². The SMILES string of the molecule is CCN1C(N)=N[C@@H](CN2C(=O)CCC2=O)C2N=C(N)N[C@@]21C(O)(O)CNC(=O)C12CC3CC(CC(C3)C1)C2. The Morgan fingerprint density at radius 2 is 1.66 bits per heavy atom. The summed E-state index contributed by atoms with van der Waals surface area (Å²) in [5.41, 5.74) is 10.2. The first-order valence-electron chi connectivity index (χ1n) is 13.8. The zero-order valence-corrected chi connectivity index (χ0v) is 21.7. The molecule has 1 saturated heterocycles. The van der Waals surface area contributed by atoms with Crippen molar-refractivity contribution in [2.45, 2.75) is 81.8 Å². The van der Waals surface area contributed by atoms with Gasteiger partial charge in [-0.3, -0.25) is 19.3 Å². The molecule has 3 aliphatic heterocycles. The molecular weight excluding hydrogens is 492 g/mol. The molecule has 4 saturated carbocycles. The number of amides is 3. The van der Waals surface area contributed by atoms with Crippen molar-refractivity contribution in [1.82, 2.24) is 20.4 Å². The first-order valence-corrected chi connectivity index (χ1v) is 13.8. The summed E-state index contributed by atoms with van der Waals surface area (Å²) in [5, 5.41) is 29.2. The number of nitrogens with one attached hydrogen (secondary N) is 2. The van der Waals surface area contributed by atoms with E-state index in [0.717, 1.165) is 24.2 Å². The van der Waals surface area contributed by atoms with Crippen LogP contribution in [0.1, 0.15) is 58.3 Å². The largest absolute Gasteiger partial charge is 0.370 e. The summed E-state index contributed by atoms with van der Waals surface area (Å²) in [5.74, 6) is -1.75. The third kappa shape index (κ3) is 3.61. The number of nitrogens with two attached hydrogens (primary N) is 2. The van der Waals surface area contributed by atoms with Gasteiger partial charge in [0.05, 0.1) is 19.1 Å². The lowest BCUT2D eigenvalue weighted by atomic mass is 9.49. The Hall–Kier alpha value is -2.93. The van der Waals surface area contributed by atoms with Gasteiger partial charge in [0.15, 0.2) is 17.6 Å². The maximum atomic E-state index is 13.6. The maximum absolute atomic E-state index is 13.6. The molecule has 0 aromatic rings. The summed E-state index contributed by atoms with van der Waals surface area (Å²) in [6, 6.07) is -1.86. The molecule has 8 N–H and O–H groups in total. The lowest BCUT2D eigenvalue weighted by Gasteiger charge is -2.56. The van der Waals surface area contributed by atoms with E-state index in [4.69, 9.17) is 11.5 Å². The Kier molecular flexibility index (Phi) is 5.69. The van der Waals surface area contributed by atoms with Gasteiger partial charge in [-0.05, 0) is 63.2 Å². The molecule has 3 heterocycles. The number of carbonyl (C=O) groups is 3. The fraction of sp³-hybridized carbons (Fsp3) is 0.800. The molecule has 13 heteroatoms. The monoisotopic (exact) mass is 530 g/mol. The number of hydrogen-bond acceptors (Lipinski definition) is 11. The Morgan fingerprint density at radius 3 is 2.21 bits per heavy atom. The molecule has 4 bridgehead atoms. The molecule has 4 aliphatic carbocycles. The molecule has 208 valence electrons. The summed E-state index contributed by atoms with van der Waals surface area (Å²) in [6.07, 6.45) is 6.34. The number of nitrogens with zero attached hydrogens (tertiary/aromatic N) is 4. The number of aliphatic imine (C=N–C) groups is 2. The van der Waals surface area contributed by atoms with Crippen LogP contribution in [0.25, 0.3) is 0 Å². The molecule has 1 unspecified atom stereocenters. The average molecular weight is 531 g/mol. The quantitative estimate of drug-likeness (QED) is 0.161. The van der Waals surface area contributed by atoms with Crippen LogP contribution in [0.15, 0.2) is 9.98 Å². The number of carbonyl (C=O) groups excluding carboxylic acids is 3. The zero-order valence-electron chi connectivity index (χ0n) is 21.7. The van der Waals surface area contributed by atoms with Gasteiger partial charge in [0.2, 0.25) is 23.5 Å². The average Bonchev–Trinajstić information content (AvgIpc) is 3.37. The van der Waals surface area contributed by atoms with E-state index in [2.05, 4.69) is 20.6 Å². The van der Waals surface area contributed by atoms with E-state index >= 15 is 0 Å². The van der Waals surface area contributed by atoms with Crippen molar-refractivity contribution in [3.63, 3.8) is 0 Å². The normalized spacial score (nSPS) is 39.7. The fourth-order valence-corrected chi connectivity index (χ4v) is 8.66. The third-order valence-electron chi connectivity index (χ3n) is 9.86. The van der Waals surface area contributed by atoms with E-state index in [9.17, 15) is 24.6 Å². The van der Waals surface area contributed by atoms with E-state index in [1.54, 1.807) is 6.92 Å². The summed E-state index contributed by atoms with van der Waals surface area (Å²) in [6.45, 7) is 1.39. The van der Waals surface area contributed by atoms with Gasteiger partial charge in [0.25, 0.3) is 0 Å². The molecule has 13 nitrogen and oxygen atoms in total. The van der Waals surface area contributed by atoms with Gasteiger partial charge in [-0.2, -0.15) is 0 Å². The number of rotatable bonds is 7. The maximum Gasteiger partial charge on any atom is 0.229 e. The van der Waals surface area contributed by atoms with E-state index < -0.39 is 35.5 Å². The number of aliphatic hydroxyl groups is 2. The minimum Gasteiger partial charge on any atom is -0.370 e. The molecule has 0 spiro atoms. The van der Waals surface area contributed by atoms with Crippen molar-refractivity contribution in [2.24, 2.45) is 44.6 Å². The lowest BCUT2D eigenvalue weighted by Crippen LogP contribution is -2.82. The van der Waals surface area contributed by atoms with Crippen LogP contribution in [-0.4, -0.2) is 92.8 Å². The second kappa shape index (κ2) is 8.54. The van der Waals surface area contributed by atoms with Gasteiger partial charge in [0.1, 0.15) is 6.04 Å². The molecule has 5 fully saturated rings. The number of likely N-dealkylation sites (N-methyl/N-ethyl adjacent to an activating group) is 1. The number of fused-ring (bicyclic) bond motifs is 1. The van der Waals surface area contributed by atoms with Crippen LogP contribution < -0.4 is 22.1 Å².